The Bertz CT molecular complexity index is 652. The molecule has 0 aromatic heterocycles. The Hall–Kier alpha value is -2.00. The lowest BCUT2D eigenvalue weighted by molar-refractivity contribution is 0.0502. The van der Waals surface area contributed by atoms with E-state index < -0.39 is 0 Å². The van der Waals surface area contributed by atoms with E-state index in [4.69, 9.17) is 9.47 Å². The first-order chi connectivity index (χ1) is 10.9. The molecule has 0 saturated carbocycles. The molecule has 0 aliphatic carbocycles. The van der Waals surface area contributed by atoms with Crippen LogP contribution in [0.1, 0.15) is 47.6 Å². The summed E-state index contributed by atoms with van der Waals surface area (Å²) < 4.78 is 10.7. The second kappa shape index (κ2) is 7.51. The molecule has 0 amide bonds. The Kier molecular flexibility index (Phi) is 5.67. The van der Waals surface area contributed by atoms with Gasteiger partial charge < -0.3 is 14.6 Å². The van der Waals surface area contributed by atoms with Crippen LogP contribution >= 0.6 is 0 Å². The van der Waals surface area contributed by atoms with Crippen LogP contribution in [0.3, 0.4) is 0 Å². The number of phenolic OH excluding ortho intramolecular Hbond substituents is 1. The van der Waals surface area contributed by atoms with E-state index in [0.717, 1.165) is 23.3 Å². The summed E-state index contributed by atoms with van der Waals surface area (Å²) in [7, 11) is 1.62. The van der Waals surface area contributed by atoms with Gasteiger partial charge in [0.2, 0.25) is 0 Å². The van der Waals surface area contributed by atoms with Crippen LogP contribution < -0.4 is 4.74 Å². The minimum Gasteiger partial charge on any atom is -0.508 e. The monoisotopic (exact) mass is 314 g/mol. The molecule has 0 fully saturated rings. The number of aryl methyl sites for hydroxylation is 2. The smallest absolute Gasteiger partial charge is 0.188 e. The predicted molar refractivity (Wildman–Crippen MR) is 93.4 cm³/mol. The topological polar surface area (TPSA) is 38.7 Å². The number of benzene rings is 2. The summed E-state index contributed by atoms with van der Waals surface area (Å²) in [6.45, 7) is 8.67. The Morgan fingerprint density at radius 2 is 1.70 bits per heavy atom. The van der Waals surface area contributed by atoms with Gasteiger partial charge in [-0.1, -0.05) is 26.0 Å². The Morgan fingerprint density at radius 1 is 1.04 bits per heavy atom. The van der Waals surface area contributed by atoms with Crippen molar-refractivity contribution in [2.75, 3.05) is 13.9 Å². The van der Waals surface area contributed by atoms with Crippen molar-refractivity contribution in [3.63, 3.8) is 0 Å². The molecule has 2 aromatic carbocycles. The van der Waals surface area contributed by atoms with E-state index in [1.54, 1.807) is 7.11 Å². The largest absolute Gasteiger partial charge is 0.508 e. The summed E-state index contributed by atoms with van der Waals surface area (Å²) in [4.78, 5) is 0. The molecular formula is C20H26O3. The van der Waals surface area contributed by atoms with Gasteiger partial charge in [-0.2, -0.15) is 0 Å². The zero-order valence-electron chi connectivity index (χ0n) is 14.6. The standard InChI is InChI=1S/C20H26O3/c1-13(2)18-10-16(6-7-20(18)23-12-22-5)11-19-14(3)8-17(21)9-15(19)4/h6-10,13,21H,11-12H2,1-5H3. The lowest BCUT2D eigenvalue weighted by Crippen LogP contribution is -2.04. The van der Waals surface area contributed by atoms with Crippen LogP contribution in [0, 0.1) is 13.8 Å². The van der Waals surface area contributed by atoms with E-state index >= 15 is 0 Å². The van der Waals surface area contributed by atoms with Crippen LogP contribution in [0.4, 0.5) is 0 Å². The lowest BCUT2D eigenvalue weighted by Gasteiger charge is -2.16. The van der Waals surface area contributed by atoms with Gasteiger partial charge in [0.15, 0.2) is 6.79 Å². The van der Waals surface area contributed by atoms with E-state index in [0.29, 0.717) is 11.7 Å². The molecule has 0 atom stereocenters. The maximum atomic E-state index is 9.69. The van der Waals surface area contributed by atoms with E-state index in [-0.39, 0.29) is 6.79 Å². The van der Waals surface area contributed by atoms with Gasteiger partial charge in [-0.05, 0) is 72.2 Å². The molecule has 3 nitrogen and oxygen atoms in total. The number of ether oxygens (including phenoxy) is 2. The third-order valence-electron chi connectivity index (χ3n) is 4.09. The van der Waals surface area contributed by atoms with Gasteiger partial charge in [0, 0.05) is 7.11 Å². The minimum atomic E-state index is 0.259. The van der Waals surface area contributed by atoms with Gasteiger partial charge in [-0.3, -0.25) is 0 Å². The summed E-state index contributed by atoms with van der Waals surface area (Å²) in [6.07, 6.45) is 0.849. The van der Waals surface area contributed by atoms with Crippen LogP contribution in [0.2, 0.25) is 0 Å². The normalized spacial score (nSPS) is 11.0. The zero-order chi connectivity index (χ0) is 17.0. The first-order valence-corrected chi connectivity index (χ1v) is 7.96. The van der Waals surface area contributed by atoms with E-state index in [1.165, 1.54) is 16.7 Å². The van der Waals surface area contributed by atoms with Gasteiger partial charge in [0.1, 0.15) is 11.5 Å². The van der Waals surface area contributed by atoms with E-state index in [2.05, 4.69) is 26.0 Å². The predicted octanol–water partition coefficient (Wildman–Crippen LogP) is 4.71. The highest BCUT2D eigenvalue weighted by Gasteiger charge is 2.11. The van der Waals surface area contributed by atoms with Crippen molar-refractivity contribution in [2.24, 2.45) is 0 Å². The second-order valence-electron chi connectivity index (χ2n) is 6.31. The molecule has 23 heavy (non-hydrogen) atoms. The van der Waals surface area contributed by atoms with Crippen LogP contribution in [0.25, 0.3) is 0 Å². The maximum absolute atomic E-state index is 9.69. The Labute approximate surface area is 138 Å². The highest BCUT2D eigenvalue weighted by atomic mass is 16.7. The van der Waals surface area contributed by atoms with Crippen molar-refractivity contribution in [1.29, 1.82) is 0 Å². The first-order valence-electron chi connectivity index (χ1n) is 7.96. The Morgan fingerprint density at radius 3 is 2.26 bits per heavy atom. The molecular weight excluding hydrogens is 288 g/mol. The van der Waals surface area contributed by atoms with Crippen molar-refractivity contribution in [2.45, 2.75) is 40.0 Å². The molecule has 0 spiro atoms. The number of methoxy groups -OCH3 is 1. The van der Waals surface area contributed by atoms with E-state index in [1.807, 2.05) is 32.0 Å². The second-order valence-corrected chi connectivity index (χ2v) is 6.31. The van der Waals surface area contributed by atoms with Gasteiger partial charge in [-0.25, -0.2) is 0 Å². The number of phenols is 1. The van der Waals surface area contributed by atoms with Gasteiger partial charge >= 0.3 is 0 Å². The van der Waals surface area contributed by atoms with Gasteiger partial charge in [0.25, 0.3) is 0 Å². The average Bonchev–Trinajstić information content (AvgIpc) is 2.49. The van der Waals surface area contributed by atoms with Crippen molar-refractivity contribution >= 4 is 0 Å². The van der Waals surface area contributed by atoms with Crippen molar-refractivity contribution in [1.82, 2.24) is 0 Å². The Balaban J connectivity index is 2.32. The highest BCUT2D eigenvalue weighted by molar-refractivity contribution is 5.45. The number of hydrogen-bond acceptors (Lipinski definition) is 3. The summed E-state index contributed by atoms with van der Waals surface area (Å²) in [5.74, 6) is 1.59. The summed E-state index contributed by atoms with van der Waals surface area (Å²) in [5, 5.41) is 9.69. The van der Waals surface area contributed by atoms with E-state index in [9.17, 15) is 5.11 Å². The number of rotatable bonds is 6. The lowest BCUT2D eigenvalue weighted by atomic mass is 9.93. The number of aromatic hydroxyl groups is 1. The molecule has 0 heterocycles. The molecule has 0 unspecified atom stereocenters. The molecule has 124 valence electrons. The molecule has 0 radical (unpaired) electrons. The fourth-order valence-corrected chi connectivity index (χ4v) is 2.87. The minimum absolute atomic E-state index is 0.259. The molecule has 0 aliphatic heterocycles. The fraction of sp³-hybridized carbons (Fsp3) is 0.400. The molecule has 2 aromatic rings. The summed E-state index contributed by atoms with van der Waals surface area (Å²) >= 11 is 0. The molecule has 0 bridgehead atoms. The molecule has 1 N–H and O–H groups in total. The van der Waals surface area contributed by atoms with Crippen LogP contribution in [-0.4, -0.2) is 19.0 Å². The highest BCUT2D eigenvalue weighted by Crippen LogP contribution is 2.30. The third kappa shape index (κ3) is 4.26. The zero-order valence-corrected chi connectivity index (χ0v) is 14.6. The van der Waals surface area contributed by atoms with Crippen LogP contribution in [-0.2, 0) is 11.2 Å². The molecule has 3 heteroatoms. The van der Waals surface area contributed by atoms with Gasteiger partial charge in [0.05, 0.1) is 0 Å². The summed E-state index contributed by atoms with van der Waals surface area (Å²) in [5.41, 5.74) is 5.94. The first kappa shape index (κ1) is 17.4. The van der Waals surface area contributed by atoms with Crippen molar-refractivity contribution < 1.29 is 14.6 Å². The third-order valence-corrected chi connectivity index (χ3v) is 4.09. The number of hydrogen-bond donors (Lipinski definition) is 1. The molecule has 0 saturated heterocycles. The average molecular weight is 314 g/mol. The van der Waals surface area contributed by atoms with Crippen molar-refractivity contribution in [3.8, 4) is 11.5 Å². The SMILES string of the molecule is COCOc1ccc(Cc2c(C)cc(O)cc2C)cc1C(C)C. The summed E-state index contributed by atoms with van der Waals surface area (Å²) in [6, 6.07) is 9.97. The quantitative estimate of drug-likeness (QED) is 0.785. The van der Waals surface area contributed by atoms with Crippen molar-refractivity contribution in [3.05, 3.63) is 58.1 Å². The molecule has 0 aliphatic rings. The fourth-order valence-electron chi connectivity index (χ4n) is 2.87. The van der Waals surface area contributed by atoms with Crippen LogP contribution in [0.15, 0.2) is 30.3 Å². The van der Waals surface area contributed by atoms with Crippen LogP contribution in [0.5, 0.6) is 11.5 Å². The molecule has 2 rings (SSSR count). The van der Waals surface area contributed by atoms with Gasteiger partial charge in [-0.15, -0.1) is 0 Å². The maximum Gasteiger partial charge on any atom is 0.188 e.